The van der Waals surface area contributed by atoms with Crippen LogP contribution in [0.1, 0.15) is 31.4 Å². The first-order valence-electron chi connectivity index (χ1n) is 6.43. The normalized spacial score (nSPS) is 35.6. The van der Waals surface area contributed by atoms with Gasteiger partial charge >= 0.3 is 0 Å². The smallest absolute Gasteiger partial charge is 0.125 e. The first-order chi connectivity index (χ1) is 8.49. The second kappa shape index (κ2) is 4.22. The maximum absolute atomic E-state index is 6.34. The van der Waals surface area contributed by atoms with Crippen LogP contribution >= 0.6 is 15.9 Å². The molecule has 18 heavy (non-hydrogen) atoms. The van der Waals surface area contributed by atoms with Gasteiger partial charge in [0.2, 0.25) is 0 Å². The second-order valence-corrected chi connectivity index (χ2v) is 6.66. The average molecular weight is 311 g/mol. The molecule has 1 aromatic rings. The molecule has 2 aliphatic rings. The van der Waals surface area contributed by atoms with Crippen LogP contribution in [0.25, 0.3) is 0 Å². The number of fused-ring (bicyclic) bond motifs is 1. The summed E-state index contributed by atoms with van der Waals surface area (Å²) < 4.78 is 7.37. The van der Waals surface area contributed by atoms with Crippen molar-refractivity contribution in [2.24, 2.45) is 5.73 Å². The fourth-order valence-electron chi connectivity index (χ4n) is 3.28. The molecule has 0 amide bonds. The molecule has 2 heterocycles. The fraction of sp³-hybridized carbons (Fsp3) is 0.571. The van der Waals surface area contributed by atoms with E-state index in [1.807, 2.05) is 12.1 Å². The second-order valence-electron chi connectivity index (χ2n) is 5.75. The molecule has 3 rings (SSSR count). The lowest BCUT2D eigenvalue weighted by molar-refractivity contribution is 0.0463. The van der Waals surface area contributed by atoms with Crippen LogP contribution in [-0.2, 0) is 0 Å². The van der Waals surface area contributed by atoms with Crippen LogP contribution in [0.4, 0.5) is 0 Å². The van der Waals surface area contributed by atoms with Gasteiger partial charge in [-0.05, 0) is 32.2 Å². The molecule has 3 unspecified atom stereocenters. The molecule has 1 fully saturated rings. The zero-order valence-corrected chi connectivity index (χ0v) is 12.4. The lowest BCUT2D eigenvalue weighted by Crippen LogP contribution is -2.44. The number of rotatable bonds is 0. The number of hydrogen-bond donors (Lipinski definition) is 1. The molecule has 0 bridgehead atoms. The Morgan fingerprint density at radius 2 is 2.22 bits per heavy atom. The number of likely N-dealkylation sites (tertiary alicyclic amines) is 1. The number of benzene rings is 1. The third-order valence-electron chi connectivity index (χ3n) is 4.25. The van der Waals surface area contributed by atoms with Gasteiger partial charge in [-0.1, -0.05) is 15.9 Å². The molecule has 3 atom stereocenters. The average Bonchev–Trinajstić information content (AvgIpc) is 2.55. The Labute approximate surface area is 116 Å². The number of nitrogens with two attached hydrogens (primary N) is 1. The van der Waals surface area contributed by atoms with Gasteiger partial charge in [-0.2, -0.15) is 0 Å². The molecule has 0 aliphatic carbocycles. The first kappa shape index (κ1) is 12.5. The maximum atomic E-state index is 6.34. The van der Waals surface area contributed by atoms with Gasteiger partial charge in [0.15, 0.2) is 0 Å². The first-order valence-corrected chi connectivity index (χ1v) is 7.23. The van der Waals surface area contributed by atoms with Gasteiger partial charge in [0.25, 0.3) is 0 Å². The molecule has 4 heteroatoms. The van der Waals surface area contributed by atoms with Crippen LogP contribution in [0.15, 0.2) is 22.7 Å². The largest absolute Gasteiger partial charge is 0.485 e. The van der Waals surface area contributed by atoms with Crippen molar-refractivity contribution in [3.63, 3.8) is 0 Å². The standard InChI is InChI=1S/C14H19BrN2O/c1-9-6-14(8-17(9)2)7-12(16)11-5-10(15)3-4-13(11)18-14/h3-5,9,12H,6-8,16H2,1-2H3. The van der Waals surface area contributed by atoms with E-state index in [0.717, 1.165) is 35.2 Å². The van der Waals surface area contributed by atoms with Crippen LogP contribution in [-0.4, -0.2) is 30.1 Å². The van der Waals surface area contributed by atoms with Gasteiger partial charge in [-0.3, -0.25) is 4.90 Å². The lowest BCUT2D eigenvalue weighted by atomic mass is 9.86. The van der Waals surface area contributed by atoms with E-state index < -0.39 is 0 Å². The van der Waals surface area contributed by atoms with Gasteiger partial charge in [0.1, 0.15) is 11.4 Å². The molecule has 98 valence electrons. The van der Waals surface area contributed by atoms with E-state index in [-0.39, 0.29) is 11.6 Å². The highest BCUT2D eigenvalue weighted by atomic mass is 79.9. The van der Waals surface area contributed by atoms with Crippen LogP contribution in [0.2, 0.25) is 0 Å². The number of hydrogen-bond acceptors (Lipinski definition) is 3. The Morgan fingerprint density at radius 3 is 2.89 bits per heavy atom. The van der Waals surface area contributed by atoms with Crippen LogP contribution in [0.5, 0.6) is 5.75 Å². The molecule has 1 aromatic carbocycles. The summed E-state index contributed by atoms with van der Waals surface area (Å²) in [5.41, 5.74) is 7.37. The van der Waals surface area contributed by atoms with Crippen molar-refractivity contribution in [2.45, 2.75) is 37.5 Å². The summed E-state index contributed by atoms with van der Waals surface area (Å²) in [6, 6.07) is 6.77. The highest BCUT2D eigenvalue weighted by molar-refractivity contribution is 9.10. The van der Waals surface area contributed by atoms with E-state index in [0.29, 0.717) is 6.04 Å². The van der Waals surface area contributed by atoms with E-state index in [4.69, 9.17) is 10.5 Å². The third-order valence-corrected chi connectivity index (χ3v) is 4.74. The van der Waals surface area contributed by atoms with Crippen molar-refractivity contribution in [1.82, 2.24) is 4.90 Å². The molecule has 2 aliphatic heterocycles. The monoisotopic (exact) mass is 310 g/mol. The third kappa shape index (κ3) is 1.96. The van der Waals surface area contributed by atoms with E-state index in [2.05, 4.69) is 40.9 Å². The summed E-state index contributed by atoms with van der Waals surface area (Å²) in [6.45, 7) is 3.22. The lowest BCUT2D eigenvalue weighted by Gasteiger charge is -2.38. The summed E-state index contributed by atoms with van der Waals surface area (Å²) >= 11 is 3.49. The highest BCUT2D eigenvalue weighted by Gasteiger charge is 2.46. The van der Waals surface area contributed by atoms with Gasteiger partial charge in [0, 0.05) is 41.5 Å². The Hall–Kier alpha value is -0.580. The van der Waals surface area contributed by atoms with Crippen molar-refractivity contribution >= 4 is 15.9 Å². The van der Waals surface area contributed by atoms with Crippen molar-refractivity contribution in [1.29, 1.82) is 0 Å². The minimum atomic E-state index is -0.0889. The maximum Gasteiger partial charge on any atom is 0.125 e. The SMILES string of the molecule is CC1CC2(CC(N)c3cc(Br)ccc3O2)CN1C. The molecule has 2 N–H and O–H groups in total. The summed E-state index contributed by atoms with van der Waals surface area (Å²) in [5, 5.41) is 0. The van der Waals surface area contributed by atoms with Gasteiger partial charge in [-0.15, -0.1) is 0 Å². The zero-order valence-electron chi connectivity index (χ0n) is 10.8. The van der Waals surface area contributed by atoms with E-state index in [9.17, 15) is 0 Å². The zero-order chi connectivity index (χ0) is 12.9. The Bertz CT molecular complexity index is 467. The van der Waals surface area contributed by atoms with E-state index in [1.54, 1.807) is 0 Å². The Kier molecular flexibility index (Phi) is 2.92. The van der Waals surface area contributed by atoms with E-state index >= 15 is 0 Å². The van der Waals surface area contributed by atoms with Gasteiger partial charge < -0.3 is 10.5 Å². The number of nitrogens with zero attached hydrogens (tertiary/aromatic N) is 1. The van der Waals surface area contributed by atoms with Crippen molar-refractivity contribution in [3.05, 3.63) is 28.2 Å². The topological polar surface area (TPSA) is 38.5 Å². The van der Waals surface area contributed by atoms with Crippen molar-refractivity contribution in [3.8, 4) is 5.75 Å². The molecule has 0 aromatic heterocycles. The number of ether oxygens (including phenoxy) is 1. The summed E-state index contributed by atoms with van der Waals surface area (Å²) in [4.78, 5) is 2.36. The minimum absolute atomic E-state index is 0.0740. The summed E-state index contributed by atoms with van der Waals surface area (Å²) in [6.07, 6.45) is 1.97. The number of halogens is 1. The Morgan fingerprint density at radius 1 is 1.44 bits per heavy atom. The van der Waals surface area contributed by atoms with Crippen LogP contribution in [0.3, 0.4) is 0 Å². The van der Waals surface area contributed by atoms with E-state index in [1.165, 1.54) is 0 Å². The van der Waals surface area contributed by atoms with Crippen LogP contribution in [0, 0.1) is 0 Å². The van der Waals surface area contributed by atoms with Crippen LogP contribution < -0.4 is 10.5 Å². The molecular formula is C14H19BrN2O. The Balaban J connectivity index is 1.95. The molecular weight excluding hydrogens is 292 g/mol. The summed E-state index contributed by atoms with van der Waals surface area (Å²) in [5.74, 6) is 0.958. The van der Waals surface area contributed by atoms with Gasteiger partial charge in [0.05, 0.1) is 0 Å². The minimum Gasteiger partial charge on any atom is -0.485 e. The fourth-order valence-corrected chi connectivity index (χ4v) is 3.66. The molecule has 0 radical (unpaired) electrons. The number of likely N-dealkylation sites (N-methyl/N-ethyl adjacent to an activating group) is 1. The quantitative estimate of drug-likeness (QED) is 0.800. The molecule has 3 nitrogen and oxygen atoms in total. The van der Waals surface area contributed by atoms with Crippen molar-refractivity contribution < 1.29 is 4.74 Å². The van der Waals surface area contributed by atoms with Crippen molar-refractivity contribution in [2.75, 3.05) is 13.6 Å². The molecule has 0 saturated carbocycles. The predicted octanol–water partition coefficient (Wildman–Crippen LogP) is 2.69. The molecule has 1 spiro atoms. The van der Waals surface area contributed by atoms with Gasteiger partial charge in [-0.25, -0.2) is 0 Å². The summed E-state index contributed by atoms with van der Waals surface area (Å²) in [7, 11) is 2.16. The predicted molar refractivity (Wildman–Crippen MR) is 75.8 cm³/mol. The highest BCUT2D eigenvalue weighted by Crippen LogP contribution is 2.44. The molecule has 1 saturated heterocycles.